The smallest absolute Gasteiger partial charge is 0.246 e. The van der Waals surface area contributed by atoms with Crippen molar-refractivity contribution in [1.82, 2.24) is 26.2 Å². The normalized spacial score (nSPS) is 17.0. The molecule has 48 heavy (non-hydrogen) atoms. The lowest BCUT2D eigenvalue weighted by atomic mass is 9.75. The summed E-state index contributed by atoms with van der Waals surface area (Å²) in [5, 5.41) is 11.3. The van der Waals surface area contributed by atoms with Crippen molar-refractivity contribution in [3.05, 3.63) is 70.8 Å². The molecule has 0 radical (unpaired) electrons. The molecule has 2 aromatic carbocycles. The molecule has 0 aliphatic heterocycles. The highest BCUT2D eigenvalue weighted by Gasteiger charge is 2.44. The Morgan fingerprint density at radius 3 is 2.31 bits per heavy atom. The molecular formula is C35H50N8O5. The van der Waals surface area contributed by atoms with Gasteiger partial charge in [-0.2, -0.15) is 0 Å². The number of rotatable bonds is 15. The summed E-state index contributed by atoms with van der Waals surface area (Å²) in [6.07, 6.45) is 2.22. The van der Waals surface area contributed by atoms with Crippen LogP contribution in [0.5, 0.6) is 0 Å². The summed E-state index contributed by atoms with van der Waals surface area (Å²) in [4.78, 5) is 72.4. The summed E-state index contributed by atoms with van der Waals surface area (Å²) >= 11 is 0. The number of carbonyl (C=O) groups excluding carboxylic acids is 5. The fraction of sp³-hybridized carbons (Fsp3) is 0.486. The molecule has 1 aliphatic rings. The van der Waals surface area contributed by atoms with Crippen LogP contribution in [0, 0.1) is 6.92 Å². The molecule has 8 N–H and O–H groups in total. The van der Waals surface area contributed by atoms with E-state index >= 15 is 0 Å². The lowest BCUT2D eigenvalue weighted by Gasteiger charge is -2.39. The van der Waals surface area contributed by atoms with Gasteiger partial charge in [0.2, 0.25) is 29.5 Å². The number of aliphatic imine (C=N–C) groups is 1. The molecule has 0 saturated carbocycles. The van der Waals surface area contributed by atoms with Crippen molar-refractivity contribution in [3.63, 3.8) is 0 Å². The molecule has 0 spiro atoms. The Kier molecular flexibility index (Phi) is 13.5. The molecule has 0 heterocycles. The summed E-state index contributed by atoms with van der Waals surface area (Å²) in [7, 11) is 3.01. The van der Waals surface area contributed by atoms with Crippen LogP contribution in [-0.2, 0) is 43.2 Å². The number of aryl methyl sites for hydroxylation is 1. The van der Waals surface area contributed by atoms with Crippen molar-refractivity contribution in [1.29, 1.82) is 0 Å². The van der Waals surface area contributed by atoms with Gasteiger partial charge in [0, 0.05) is 40.4 Å². The second kappa shape index (κ2) is 17.3. The molecule has 0 saturated heterocycles. The van der Waals surface area contributed by atoms with E-state index in [1.165, 1.54) is 25.9 Å². The Bertz CT molecular complexity index is 1490. The van der Waals surface area contributed by atoms with Gasteiger partial charge in [0.25, 0.3) is 0 Å². The monoisotopic (exact) mass is 662 g/mol. The number of likely N-dealkylation sites (N-methyl/N-ethyl adjacent to an activating group) is 2. The van der Waals surface area contributed by atoms with E-state index in [1.807, 2.05) is 55.5 Å². The van der Waals surface area contributed by atoms with E-state index < -0.39 is 41.4 Å². The number of nitrogens with zero attached hydrogens (tertiary/aromatic N) is 2. The Labute approximate surface area is 282 Å². The van der Waals surface area contributed by atoms with Crippen LogP contribution >= 0.6 is 0 Å². The van der Waals surface area contributed by atoms with E-state index in [-0.39, 0.29) is 43.6 Å². The van der Waals surface area contributed by atoms with Crippen molar-refractivity contribution in [2.24, 2.45) is 16.5 Å². The van der Waals surface area contributed by atoms with Crippen molar-refractivity contribution in [2.45, 2.75) is 89.4 Å². The van der Waals surface area contributed by atoms with Gasteiger partial charge in [0.1, 0.15) is 23.7 Å². The molecule has 0 bridgehead atoms. The Morgan fingerprint density at radius 2 is 1.69 bits per heavy atom. The first-order valence-corrected chi connectivity index (χ1v) is 16.4. The third kappa shape index (κ3) is 9.79. The van der Waals surface area contributed by atoms with Crippen LogP contribution in [0.1, 0.15) is 61.8 Å². The van der Waals surface area contributed by atoms with Gasteiger partial charge in [-0.05, 0) is 61.3 Å². The van der Waals surface area contributed by atoms with E-state index in [0.717, 1.165) is 22.3 Å². The third-order valence-electron chi connectivity index (χ3n) is 8.87. The molecule has 13 heteroatoms. The highest BCUT2D eigenvalue weighted by Crippen LogP contribution is 2.31. The first-order chi connectivity index (χ1) is 22.8. The zero-order valence-electron chi connectivity index (χ0n) is 28.6. The van der Waals surface area contributed by atoms with Crippen molar-refractivity contribution >= 4 is 35.5 Å². The molecule has 1 unspecified atom stereocenters. The number of carbonyl (C=O) groups is 5. The van der Waals surface area contributed by atoms with Crippen LogP contribution < -0.4 is 32.7 Å². The standard InChI is InChI=1S/C35H50N8O5/c1-6-29(31(46)38-4)43(5)32(47)27(16-11-19-39-34(36)37)40-30(45)28(20-24-13-8-7-9-14-24)41-33(48)35(42-23(3)44)18-17-26-22(2)12-10-15-25(26)21-35/h7-10,12-15,27-29H,6,11,16-21H2,1-5H3,(H,38,46)(H,40,45)(H,41,48)(H,42,44)(H4,36,37,39)/t27-,28+,29-,35?/m0/s1. The van der Waals surface area contributed by atoms with Crippen molar-refractivity contribution < 1.29 is 24.0 Å². The summed E-state index contributed by atoms with van der Waals surface area (Å²) in [6.45, 7) is 5.40. The zero-order valence-corrected chi connectivity index (χ0v) is 28.6. The Morgan fingerprint density at radius 1 is 0.979 bits per heavy atom. The SMILES string of the molecule is CC[C@@H](C(=O)NC)N(C)C(=O)[C@H](CCCN=C(N)N)NC(=O)[C@@H](Cc1ccccc1)NC(=O)C1(NC(C)=O)CCc2c(C)cccc2C1. The molecule has 0 fully saturated rings. The van der Waals surface area contributed by atoms with Gasteiger partial charge >= 0.3 is 0 Å². The summed E-state index contributed by atoms with van der Waals surface area (Å²) in [5.41, 5.74) is 13.7. The molecule has 2 aromatic rings. The first kappa shape index (κ1) is 37.5. The summed E-state index contributed by atoms with van der Waals surface area (Å²) in [6, 6.07) is 12.2. The van der Waals surface area contributed by atoms with E-state index in [1.54, 1.807) is 6.92 Å². The molecular weight excluding hydrogens is 612 g/mol. The number of fused-ring (bicyclic) bond motifs is 1. The average molecular weight is 663 g/mol. The van der Waals surface area contributed by atoms with Gasteiger partial charge in [-0.3, -0.25) is 29.0 Å². The molecule has 13 nitrogen and oxygen atoms in total. The van der Waals surface area contributed by atoms with Crippen LogP contribution in [0.4, 0.5) is 0 Å². The second-order valence-corrected chi connectivity index (χ2v) is 12.4. The van der Waals surface area contributed by atoms with E-state index in [2.05, 4.69) is 26.3 Å². The maximum atomic E-state index is 14.2. The Balaban J connectivity index is 1.94. The maximum absolute atomic E-state index is 14.2. The number of nitrogens with one attached hydrogen (secondary N) is 4. The van der Waals surface area contributed by atoms with Gasteiger partial charge in [0.05, 0.1) is 0 Å². The minimum absolute atomic E-state index is 0.0936. The molecule has 1 aliphatic carbocycles. The van der Waals surface area contributed by atoms with Gasteiger partial charge < -0.3 is 37.6 Å². The number of benzene rings is 2. The first-order valence-electron chi connectivity index (χ1n) is 16.4. The molecule has 4 atom stereocenters. The number of amides is 5. The lowest BCUT2D eigenvalue weighted by molar-refractivity contribution is -0.142. The topological polar surface area (TPSA) is 201 Å². The second-order valence-electron chi connectivity index (χ2n) is 12.4. The fourth-order valence-electron chi connectivity index (χ4n) is 6.32. The molecule has 3 rings (SSSR count). The quantitative estimate of drug-likeness (QED) is 0.0911. The summed E-state index contributed by atoms with van der Waals surface area (Å²) in [5.74, 6) is -2.33. The van der Waals surface area contributed by atoms with Crippen LogP contribution in [0.15, 0.2) is 53.5 Å². The van der Waals surface area contributed by atoms with Gasteiger partial charge in [-0.15, -0.1) is 0 Å². The van der Waals surface area contributed by atoms with Crippen molar-refractivity contribution in [2.75, 3.05) is 20.6 Å². The number of nitrogens with two attached hydrogens (primary N) is 2. The Hall–Kier alpha value is -4.94. The minimum Gasteiger partial charge on any atom is -0.370 e. The fourth-order valence-corrected chi connectivity index (χ4v) is 6.32. The van der Waals surface area contributed by atoms with Crippen LogP contribution in [0.25, 0.3) is 0 Å². The van der Waals surface area contributed by atoms with E-state index in [9.17, 15) is 24.0 Å². The van der Waals surface area contributed by atoms with Crippen molar-refractivity contribution in [3.8, 4) is 0 Å². The summed E-state index contributed by atoms with van der Waals surface area (Å²) < 4.78 is 0. The number of hydrogen-bond acceptors (Lipinski definition) is 6. The molecule has 0 aromatic heterocycles. The van der Waals surface area contributed by atoms with E-state index in [4.69, 9.17) is 11.5 Å². The lowest BCUT2D eigenvalue weighted by Crippen LogP contribution is -2.64. The third-order valence-corrected chi connectivity index (χ3v) is 8.87. The highest BCUT2D eigenvalue weighted by atomic mass is 16.2. The van der Waals surface area contributed by atoms with Crippen LogP contribution in [-0.4, -0.2) is 84.7 Å². The van der Waals surface area contributed by atoms with Gasteiger partial charge in [-0.25, -0.2) is 0 Å². The predicted octanol–water partition coefficient (Wildman–Crippen LogP) is 0.608. The zero-order chi connectivity index (χ0) is 35.4. The van der Waals surface area contributed by atoms with Gasteiger partial charge in [0.15, 0.2) is 5.96 Å². The maximum Gasteiger partial charge on any atom is 0.246 e. The largest absolute Gasteiger partial charge is 0.370 e. The predicted molar refractivity (Wildman–Crippen MR) is 185 cm³/mol. The van der Waals surface area contributed by atoms with Crippen LogP contribution in [0.2, 0.25) is 0 Å². The minimum atomic E-state index is -1.28. The molecule has 5 amide bonds. The van der Waals surface area contributed by atoms with Gasteiger partial charge in [-0.1, -0.05) is 55.5 Å². The number of guanidine groups is 1. The highest BCUT2D eigenvalue weighted by molar-refractivity contribution is 5.97. The molecule has 260 valence electrons. The number of hydrogen-bond donors (Lipinski definition) is 6. The van der Waals surface area contributed by atoms with E-state index in [0.29, 0.717) is 25.7 Å². The average Bonchev–Trinajstić information content (AvgIpc) is 3.05. The van der Waals surface area contributed by atoms with Crippen LogP contribution in [0.3, 0.4) is 0 Å².